The maximum Gasteiger partial charge on any atom is 0.338 e. The van der Waals surface area contributed by atoms with Crippen molar-refractivity contribution >= 4 is 43.5 Å². The predicted molar refractivity (Wildman–Crippen MR) is 91.6 cm³/mol. The number of anilines is 1. The Balaban J connectivity index is 2.08. The first kappa shape index (κ1) is 16.0. The molecule has 2 aromatic carbocycles. The van der Waals surface area contributed by atoms with Gasteiger partial charge in [-0.25, -0.2) is 4.79 Å². The van der Waals surface area contributed by atoms with E-state index in [1.165, 1.54) is 5.56 Å². The second kappa shape index (κ2) is 7.61. The Morgan fingerprint density at radius 1 is 1.14 bits per heavy atom. The van der Waals surface area contributed by atoms with E-state index >= 15 is 0 Å². The van der Waals surface area contributed by atoms with Crippen LogP contribution in [0.5, 0.6) is 0 Å². The van der Waals surface area contributed by atoms with Crippen LogP contribution in [-0.4, -0.2) is 12.6 Å². The Hall–Kier alpha value is -1.33. The normalized spacial score (nSPS) is 10.2. The van der Waals surface area contributed by atoms with Crippen LogP contribution in [0.3, 0.4) is 0 Å². The summed E-state index contributed by atoms with van der Waals surface area (Å²) in [6.07, 6.45) is 0. The lowest BCUT2D eigenvalue weighted by Gasteiger charge is -2.11. The van der Waals surface area contributed by atoms with Crippen LogP contribution in [0.15, 0.2) is 51.4 Å². The van der Waals surface area contributed by atoms with Gasteiger partial charge in [0.05, 0.1) is 12.2 Å². The van der Waals surface area contributed by atoms with E-state index in [9.17, 15) is 4.79 Å². The average molecular weight is 413 g/mol. The molecule has 110 valence electrons. The summed E-state index contributed by atoms with van der Waals surface area (Å²) in [6, 6.07) is 13.4. The summed E-state index contributed by atoms with van der Waals surface area (Å²) >= 11 is 7.00. The van der Waals surface area contributed by atoms with E-state index in [1.807, 2.05) is 24.3 Å². The lowest BCUT2D eigenvalue weighted by molar-refractivity contribution is 0.0526. The standard InChI is InChI=1S/C16H15Br2NO2/c1-2-21-16(20)11-7-8-15(14(18)9-11)19-10-12-5-3-4-6-13(12)17/h3-9,19H,2,10H2,1H3. The number of hydrogen-bond donors (Lipinski definition) is 1. The van der Waals surface area contributed by atoms with Crippen LogP contribution < -0.4 is 5.32 Å². The summed E-state index contributed by atoms with van der Waals surface area (Å²) in [5.74, 6) is -0.310. The largest absolute Gasteiger partial charge is 0.462 e. The molecule has 0 aliphatic heterocycles. The van der Waals surface area contributed by atoms with E-state index in [2.05, 4.69) is 43.2 Å². The van der Waals surface area contributed by atoms with Gasteiger partial charge in [0.2, 0.25) is 0 Å². The van der Waals surface area contributed by atoms with Crippen molar-refractivity contribution < 1.29 is 9.53 Å². The first-order valence-electron chi connectivity index (χ1n) is 6.55. The van der Waals surface area contributed by atoms with Crippen molar-refractivity contribution in [3.05, 3.63) is 62.5 Å². The van der Waals surface area contributed by atoms with Gasteiger partial charge in [-0.1, -0.05) is 34.1 Å². The number of rotatable bonds is 5. The molecule has 3 nitrogen and oxygen atoms in total. The Kier molecular flexibility index (Phi) is 5.82. The van der Waals surface area contributed by atoms with Gasteiger partial charge in [0, 0.05) is 21.2 Å². The zero-order valence-electron chi connectivity index (χ0n) is 11.5. The fourth-order valence-electron chi connectivity index (χ4n) is 1.83. The molecule has 0 amide bonds. The van der Waals surface area contributed by atoms with Crippen molar-refractivity contribution in [2.75, 3.05) is 11.9 Å². The lowest BCUT2D eigenvalue weighted by Crippen LogP contribution is -2.06. The Morgan fingerprint density at radius 2 is 1.90 bits per heavy atom. The zero-order valence-corrected chi connectivity index (χ0v) is 14.7. The summed E-state index contributed by atoms with van der Waals surface area (Å²) in [5.41, 5.74) is 2.63. The quantitative estimate of drug-likeness (QED) is 0.702. The van der Waals surface area contributed by atoms with Gasteiger partial charge in [0.1, 0.15) is 0 Å². The molecule has 0 spiro atoms. The maximum absolute atomic E-state index is 11.7. The van der Waals surface area contributed by atoms with E-state index in [0.717, 1.165) is 14.6 Å². The fourth-order valence-corrected chi connectivity index (χ4v) is 2.78. The molecular weight excluding hydrogens is 398 g/mol. The minimum atomic E-state index is -0.310. The molecule has 21 heavy (non-hydrogen) atoms. The molecule has 5 heteroatoms. The maximum atomic E-state index is 11.7. The van der Waals surface area contributed by atoms with E-state index in [4.69, 9.17) is 4.74 Å². The second-order valence-electron chi connectivity index (χ2n) is 4.36. The highest BCUT2D eigenvalue weighted by atomic mass is 79.9. The van der Waals surface area contributed by atoms with Crippen LogP contribution in [0.25, 0.3) is 0 Å². The van der Waals surface area contributed by atoms with Gasteiger partial charge in [0.15, 0.2) is 0 Å². The molecule has 2 aromatic rings. The first-order valence-corrected chi connectivity index (χ1v) is 8.14. The fraction of sp³-hybridized carbons (Fsp3) is 0.188. The van der Waals surface area contributed by atoms with Crippen molar-refractivity contribution in [1.82, 2.24) is 0 Å². The van der Waals surface area contributed by atoms with Gasteiger partial charge in [0.25, 0.3) is 0 Å². The predicted octanol–water partition coefficient (Wildman–Crippen LogP) is 5.00. The van der Waals surface area contributed by atoms with Gasteiger partial charge in [-0.15, -0.1) is 0 Å². The van der Waals surface area contributed by atoms with Crippen LogP contribution >= 0.6 is 31.9 Å². The smallest absolute Gasteiger partial charge is 0.338 e. The van der Waals surface area contributed by atoms with Crippen molar-refractivity contribution in [1.29, 1.82) is 0 Å². The molecule has 0 heterocycles. The monoisotopic (exact) mass is 411 g/mol. The molecule has 0 saturated carbocycles. The molecule has 0 radical (unpaired) electrons. The van der Waals surface area contributed by atoms with Gasteiger partial charge in [-0.05, 0) is 52.7 Å². The summed E-state index contributed by atoms with van der Waals surface area (Å²) in [4.78, 5) is 11.7. The van der Waals surface area contributed by atoms with E-state index in [0.29, 0.717) is 18.7 Å². The lowest BCUT2D eigenvalue weighted by atomic mass is 10.2. The van der Waals surface area contributed by atoms with Gasteiger partial charge in [-0.3, -0.25) is 0 Å². The Morgan fingerprint density at radius 3 is 2.57 bits per heavy atom. The second-order valence-corrected chi connectivity index (χ2v) is 6.07. The van der Waals surface area contributed by atoms with Crippen molar-refractivity contribution in [2.45, 2.75) is 13.5 Å². The molecule has 2 rings (SSSR count). The van der Waals surface area contributed by atoms with Crippen LogP contribution in [-0.2, 0) is 11.3 Å². The highest BCUT2D eigenvalue weighted by molar-refractivity contribution is 9.11. The SMILES string of the molecule is CCOC(=O)c1ccc(NCc2ccccc2Br)c(Br)c1. The third-order valence-corrected chi connectivity index (χ3v) is 4.34. The molecule has 1 N–H and O–H groups in total. The van der Waals surface area contributed by atoms with Crippen LogP contribution in [0.4, 0.5) is 5.69 Å². The number of hydrogen-bond acceptors (Lipinski definition) is 3. The Labute approximate surface area is 141 Å². The number of halogens is 2. The van der Waals surface area contributed by atoms with Crippen molar-refractivity contribution in [3.8, 4) is 0 Å². The van der Waals surface area contributed by atoms with Gasteiger partial charge >= 0.3 is 5.97 Å². The molecule has 0 saturated heterocycles. The van der Waals surface area contributed by atoms with Crippen molar-refractivity contribution in [2.24, 2.45) is 0 Å². The molecule has 0 aliphatic rings. The molecule has 0 bridgehead atoms. The minimum Gasteiger partial charge on any atom is -0.462 e. The molecule has 0 fully saturated rings. The number of esters is 1. The summed E-state index contributed by atoms with van der Waals surface area (Å²) in [7, 11) is 0. The van der Waals surface area contributed by atoms with Crippen LogP contribution in [0, 0.1) is 0 Å². The zero-order chi connectivity index (χ0) is 15.2. The van der Waals surface area contributed by atoms with E-state index in [1.54, 1.807) is 19.1 Å². The average Bonchev–Trinajstić information content (AvgIpc) is 2.47. The summed E-state index contributed by atoms with van der Waals surface area (Å²) in [5, 5.41) is 3.34. The van der Waals surface area contributed by atoms with E-state index < -0.39 is 0 Å². The number of nitrogens with one attached hydrogen (secondary N) is 1. The van der Waals surface area contributed by atoms with Gasteiger partial charge < -0.3 is 10.1 Å². The highest BCUT2D eigenvalue weighted by Crippen LogP contribution is 2.25. The molecule has 0 aliphatic carbocycles. The van der Waals surface area contributed by atoms with E-state index in [-0.39, 0.29) is 5.97 Å². The van der Waals surface area contributed by atoms with Gasteiger partial charge in [-0.2, -0.15) is 0 Å². The van der Waals surface area contributed by atoms with Crippen LogP contribution in [0.1, 0.15) is 22.8 Å². The first-order chi connectivity index (χ1) is 10.1. The van der Waals surface area contributed by atoms with Crippen LogP contribution in [0.2, 0.25) is 0 Å². The number of benzene rings is 2. The van der Waals surface area contributed by atoms with Crippen molar-refractivity contribution in [3.63, 3.8) is 0 Å². The summed E-state index contributed by atoms with van der Waals surface area (Å²) in [6.45, 7) is 2.86. The Bertz CT molecular complexity index is 644. The topological polar surface area (TPSA) is 38.3 Å². The third-order valence-electron chi connectivity index (χ3n) is 2.91. The third kappa shape index (κ3) is 4.32. The molecule has 0 unspecified atom stereocenters. The molecular formula is C16H15Br2NO2. The minimum absolute atomic E-state index is 0.310. The summed E-state index contributed by atoms with van der Waals surface area (Å²) < 4.78 is 6.88. The number of carbonyl (C=O) groups is 1. The molecule has 0 aromatic heterocycles. The number of ether oxygens (including phenoxy) is 1. The number of carbonyl (C=O) groups excluding carboxylic acids is 1. The molecule has 0 atom stereocenters. The highest BCUT2D eigenvalue weighted by Gasteiger charge is 2.09.